The highest BCUT2D eigenvalue weighted by Crippen LogP contribution is 2.48. The van der Waals surface area contributed by atoms with Crippen molar-refractivity contribution in [2.75, 3.05) is 6.54 Å². The molecule has 2 aliphatic carbocycles. The smallest absolute Gasteiger partial charge is 0.274 e. The minimum Gasteiger partial charge on any atom is -0.465 e. The molecule has 7 rings (SSSR count). The molecule has 14 heteroatoms. The van der Waals surface area contributed by atoms with Gasteiger partial charge in [-0.15, -0.1) is 0 Å². The molecular weight excluding hydrogens is 670 g/mol. The number of halogens is 1. The standard InChI is InChI=1S/C35H42FN5O6S2/c36-24-13-16-27-30(17-24)48-34(38-27)47-25-18-29-31(42)39-35(33(44)40-49(45,46)26-14-15-26)19-23(35)11-7-2-1-3-8-12-28(32(43)41(29)21-25)37-20-22-9-5-4-6-10-22/h4-6,9-10,13,16-17,23,25-26,28-29,37H,1-3,7-8,11-12,14-15,18-21H2,(H,39,42)(H,40,44)/t23-,25-,28+,29+,35-/m1/s1. The van der Waals surface area contributed by atoms with Gasteiger partial charge in [-0.05, 0) is 61.8 Å². The minimum absolute atomic E-state index is 0.114. The van der Waals surface area contributed by atoms with Crippen molar-refractivity contribution in [1.82, 2.24) is 25.2 Å². The molecule has 2 saturated carbocycles. The summed E-state index contributed by atoms with van der Waals surface area (Å²) in [4.78, 5) is 48.3. The number of amides is 3. The predicted octanol–water partition coefficient (Wildman–Crippen LogP) is 4.17. The highest BCUT2D eigenvalue weighted by Gasteiger charge is 2.62. The van der Waals surface area contributed by atoms with Crippen LogP contribution in [0.1, 0.15) is 76.2 Å². The number of hydrogen-bond donors (Lipinski definition) is 3. The average Bonchev–Trinajstić information content (AvgIpc) is 3.97. The van der Waals surface area contributed by atoms with E-state index in [0.29, 0.717) is 54.1 Å². The number of aromatic nitrogens is 1. The fraction of sp³-hybridized carbons (Fsp3) is 0.543. The summed E-state index contributed by atoms with van der Waals surface area (Å²) in [5, 5.41) is 6.12. The molecule has 5 atom stereocenters. The summed E-state index contributed by atoms with van der Waals surface area (Å²) in [6, 6.07) is 12.6. The summed E-state index contributed by atoms with van der Waals surface area (Å²) in [5.41, 5.74) is 0.265. The second-order valence-corrected chi connectivity index (χ2v) is 16.8. The Hall–Kier alpha value is -3.62. The van der Waals surface area contributed by atoms with Crippen molar-refractivity contribution >= 4 is 49.3 Å². The Bertz CT molecular complexity index is 1820. The quantitative estimate of drug-likeness (QED) is 0.316. The molecule has 11 nitrogen and oxygen atoms in total. The molecule has 0 bridgehead atoms. The van der Waals surface area contributed by atoms with Gasteiger partial charge < -0.3 is 20.3 Å². The Morgan fingerprint density at radius 1 is 1.04 bits per heavy atom. The molecule has 0 radical (unpaired) electrons. The first-order chi connectivity index (χ1) is 23.6. The molecule has 2 saturated heterocycles. The van der Waals surface area contributed by atoms with Gasteiger partial charge in [0, 0.05) is 13.0 Å². The van der Waals surface area contributed by atoms with Crippen molar-refractivity contribution in [2.24, 2.45) is 5.92 Å². The van der Waals surface area contributed by atoms with Gasteiger partial charge in [0.15, 0.2) is 0 Å². The maximum absolute atomic E-state index is 14.4. The lowest BCUT2D eigenvalue weighted by molar-refractivity contribution is -0.141. The Morgan fingerprint density at radius 3 is 2.57 bits per heavy atom. The second-order valence-electron chi connectivity index (χ2n) is 13.9. The van der Waals surface area contributed by atoms with E-state index >= 15 is 0 Å². The maximum atomic E-state index is 14.4. The van der Waals surface area contributed by atoms with Gasteiger partial charge in [-0.1, -0.05) is 73.8 Å². The average molecular weight is 712 g/mol. The molecular formula is C35H42FN5O6S2. The van der Waals surface area contributed by atoms with Gasteiger partial charge in [0.25, 0.3) is 11.1 Å². The van der Waals surface area contributed by atoms with Crippen LogP contribution in [0, 0.1) is 11.7 Å². The van der Waals surface area contributed by atoms with E-state index in [2.05, 4.69) is 20.3 Å². The van der Waals surface area contributed by atoms with Crippen LogP contribution in [0.3, 0.4) is 0 Å². The number of carbonyl (C=O) groups excluding carboxylic acids is 3. The largest absolute Gasteiger partial charge is 0.465 e. The van der Waals surface area contributed by atoms with Crippen LogP contribution >= 0.6 is 11.3 Å². The minimum atomic E-state index is -3.82. The lowest BCUT2D eigenvalue weighted by atomic mass is 10.0. The van der Waals surface area contributed by atoms with Gasteiger partial charge in [0.1, 0.15) is 23.5 Å². The Morgan fingerprint density at radius 2 is 1.80 bits per heavy atom. The molecule has 4 fully saturated rings. The summed E-state index contributed by atoms with van der Waals surface area (Å²) >= 11 is 1.19. The van der Waals surface area contributed by atoms with E-state index < -0.39 is 50.8 Å². The first-order valence-corrected chi connectivity index (χ1v) is 19.7. The highest BCUT2D eigenvalue weighted by molar-refractivity contribution is 7.91. The van der Waals surface area contributed by atoms with Gasteiger partial charge >= 0.3 is 0 Å². The van der Waals surface area contributed by atoms with E-state index in [0.717, 1.165) is 37.7 Å². The lowest BCUT2D eigenvalue weighted by Gasteiger charge is -2.30. The number of carbonyl (C=O) groups is 3. The molecule has 3 aromatic rings. The van der Waals surface area contributed by atoms with E-state index in [1.165, 1.54) is 23.5 Å². The first kappa shape index (κ1) is 33.9. The van der Waals surface area contributed by atoms with Crippen LogP contribution in [-0.4, -0.2) is 71.5 Å². The third-order valence-corrected chi connectivity index (χ3v) is 13.0. The molecule has 3 N–H and O–H groups in total. The molecule has 2 aliphatic heterocycles. The molecule has 0 unspecified atom stereocenters. The molecule has 1 aromatic heterocycles. The van der Waals surface area contributed by atoms with Gasteiger partial charge in [-0.25, -0.2) is 17.8 Å². The van der Waals surface area contributed by atoms with Gasteiger partial charge in [-0.2, -0.15) is 0 Å². The topological polar surface area (TPSA) is 147 Å². The molecule has 2 aromatic carbocycles. The summed E-state index contributed by atoms with van der Waals surface area (Å²) in [7, 11) is -3.82. The van der Waals surface area contributed by atoms with Crippen molar-refractivity contribution in [1.29, 1.82) is 0 Å². The zero-order valence-electron chi connectivity index (χ0n) is 27.2. The lowest BCUT2D eigenvalue weighted by Crippen LogP contribution is -2.58. The molecule has 49 heavy (non-hydrogen) atoms. The van der Waals surface area contributed by atoms with Crippen molar-refractivity contribution < 1.29 is 31.9 Å². The normalized spacial score (nSPS) is 28.1. The number of ether oxygens (including phenoxy) is 1. The van der Waals surface area contributed by atoms with E-state index in [4.69, 9.17) is 4.74 Å². The zero-order valence-corrected chi connectivity index (χ0v) is 28.9. The number of rotatable bonds is 8. The third kappa shape index (κ3) is 7.60. The van der Waals surface area contributed by atoms with Crippen molar-refractivity contribution in [3.63, 3.8) is 0 Å². The van der Waals surface area contributed by atoms with Crippen molar-refractivity contribution in [2.45, 2.75) is 106 Å². The van der Waals surface area contributed by atoms with Gasteiger partial charge in [-0.3, -0.25) is 19.1 Å². The maximum Gasteiger partial charge on any atom is 0.274 e. The molecule has 3 amide bonds. The van der Waals surface area contributed by atoms with Crippen molar-refractivity contribution in [3.8, 4) is 5.19 Å². The Labute approximate surface area is 289 Å². The number of nitrogens with one attached hydrogen (secondary N) is 3. The molecule has 4 aliphatic rings. The molecule has 0 spiro atoms. The molecule has 3 heterocycles. The first-order valence-electron chi connectivity index (χ1n) is 17.3. The summed E-state index contributed by atoms with van der Waals surface area (Å²) in [6.45, 7) is 0.591. The van der Waals surface area contributed by atoms with Crippen molar-refractivity contribution in [3.05, 3.63) is 59.9 Å². The third-order valence-electron chi connectivity index (χ3n) is 10.2. The van der Waals surface area contributed by atoms with E-state index in [-0.39, 0.29) is 30.6 Å². The number of sulfonamides is 1. The zero-order chi connectivity index (χ0) is 34.2. The predicted molar refractivity (Wildman–Crippen MR) is 183 cm³/mol. The number of benzene rings is 2. The highest BCUT2D eigenvalue weighted by atomic mass is 32.2. The van der Waals surface area contributed by atoms with Gasteiger partial charge in [0.05, 0.1) is 28.1 Å². The van der Waals surface area contributed by atoms with Crippen LogP contribution in [0.5, 0.6) is 5.19 Å². The van der Waals surface area contributed by atoms with Gasteiger partial charge in [0.2, 0.25) is 21.8 Å². The van der Waals surface area contributed by atoms with Crippen LogP contribution in [0.2, 0.25) is 0 Å². The SMILES string of the molecule is O=C1N[C@]2(C(=O)NS(=O)(=O)C3CC3)C[C@H]2CCCCCCC[C@H](NCc2ccccc2)C(=O)N2C[C@H](Oc3nc4ccc(F)cc4s3)C[C@@H]12. The number of fused-ring (bicyclic) bond motifs is 3. The number of hydrogen-bond acceptors (Lipinski definition) is 9. The van der Waals surface area contributed by atoms with Crippen LogP contribution < -0.4 is 20.1 Å². The van der Waals surface area contributed by atoms with Crippen LogP contribution in [0.25, 0.3) is 10.2 Å². The van der Waals surface area contributed by atoms with E-state index in [1.807, 2.05) is 30.3 Å². The van der Waals surface area contributed by atoms with Crippen LogP contribution in [0.15, 0.2) is 48.5 Å². The number of thiazole rings is 1. The number of nitrogens with zero attached hydrogens (tertiary/aromatic N) is 2. The molecule has 262 valence electrons. The van der Waals surface area contributed by atoms with Crippen LogP contribution in [0.4, 0.5) is 4.39 Å². The Kier molecular flexibility index (Phi) is 9.64. The summed E-state index contributed by atoms with van der Waals surface area (Å²) < 4.78 is 48.5. The fourth-order valence-electron chi connectivity index (χ4n) is 7.22. The van der Waals surface area contributed by atoms with E-state index in [9.17, 15) is 27.2 Å². The summed E-state index contributed by atoms with van der Waals surface area (Å²) in [6.07, 6.45) is 6.76. The summed E-state index contributed by atoms with van der Waals surface area (Å²) in [5.74, 6) is -2.02. The Balaban J connectivity index is 1.15. The second kappa shape index (κ2) is 13.9. The van der Waals surface area contributed by atoms with Crippen LogP contribution in [-0.2, 0) is 31.0 Å². The fourth-order valence-corrected chi connectivity index (χ4v) is 9.49. The monoisotopic (exact) mass is 711 g/mol. The van der Waals surface area contributed by atoms with E-state index in [1.54, 1.807) is 11.0 Å².